The van der Waals surface area contributed by atoms with E-state index in [-0.39, 0.29) is 5.91 Å². The van der Waals surface area contributed by atoms with Crippen molar-refractivity contribution in [3.63, 3.8) is 0 Å². The Labute approximate surface area is 170 Å². The summed E-state index contributed by atoms with van der Waals surface area (Å²) in [6, 6.07) is 5.54. The summed E-state index contributed by atoms with van der Waals surface area (Å²) < 4.78 is 2.16. The molecule has 1 aliphatic rings. The minimum atomic E-state index is -0.142. The maximum absolute atomic E-state index is 12.8. The van der Waals surface area contributed by atoms with Gasteiger partial charge in [-0.2, -0.15) is 0 Å². The van der Waals surface area contributed by atoms with Crippen molar-refractivity contribution in [3.8, 4) is 0 Å². The molecule has 1 aromatic heterocycles. The summed E-state index contributed by atoms with van der Waals surface area (Å²) in [5.74, 6) is 1.94. The zero-order valence-corrected chi connectivity index (χ0v) is 17.5. The van der Waals surface area contributed by atoms with Gasteiger partial charge in [-0.1, -0.05) is 43.5 Å². The number of benzene rings is 1. The standard InChI is InChI=1S/C20H26Cl2N4O/c1-4-6-16(12-7-8-12)26-17(5-2)25-19(18(26)20(27)23-3)24-15-10-9-13(21)11-14(15)22/h9-12,16,24H,4-8H2,1-3H3,(H,23,27). The predicted octanol–water partition coefficient (Wildman–Crippen LogP) is 5.61. The molecule has 1 fully saturated rings. The maximum atomic E-state index is 12.8. The third-order valence-electron chi connectivity index (χ3n) is 5.01. The van der Waals surface area contributed by atoms with Crippen LogP contribution in [0.3, 0.4) is 0 Å². The molecule has 3 rings (SSSR count). The molecule has 0 saturated heterocycles. The Morgan fingerprint density at radius 1 is 1.33 bits per heavy atom. The molecule has 1 aromatic carbocycles. The Hall–Kier alpha value is -1.72. The molecule has 1 atom stereocenters. The number of halogens is 2. The second kappa shape index (κ2) is 8.53. The molecule has 1 amide bonds. The van der Waals surface area contributed by atoms with Gasteiger partial charge in [-0.25, -0.2) is 4.98 Å². The third kappa shape index (κ3) is 4.25. The molecule has 2 aromatic rings. The normalized spacial score (nSPS) is 14.9. The largest absolute Gasteiger partial charge is 0.354 e. The number of carbonyl (C=O) groups is 1. The second-order valence-corrected chi connectivity index (χ2v) is 7.81. The summed E-state index contributed by atoms with van der Waals surface area (Å²) in [5.41, 5.74) is 1.25. The van der Waals surface area contributed by atoms with E-state index in [0.29, 0.717) is 39.2 Å². The first-order valence-electron chi connectivity index (χ1n) is 9.55. The Morgan fingerprint density at radius 2 is 2.07 bits per heavy atom. The summed E-state index contributed by atoms with van der Waals surface area (Å²) >= 11 is 12.3. The summed E-state index contributed by atoms with van der Waals surface area (Å²) in [7, 11) is 1.65. The van der Waals surface area contributed by atoms with Gasteiger partial charge in [-0.05, 0) is 43.4 Å². The van der Waals surface area contributed by atoms with Crippen LogP contribution in [0.15, 0.2) is 18.2 Å². The van der Waals surface area contributed by atoms with Crippen LogP contribution in [-0.4, -0.2) is 22.5 Å². The van der Waals surface area contributed by atoms with Crippen LogP contribution in [0.1, 0.15) is 61.9 Å². The maximum Gasteiger partial charge on any atom is 0.271 e. The van der Waals surface area contributed by atoms with Crippen LogP contribution in [0, 0.1) is 5.92 Å². The molecule has 1 heterocycles. The Bertz CT molecular complexity index is 830. The van der Waals surface area contributed by atoms with Crippen LogP contribution >= 0.6 is 23.2 Å². The lowest BCUT2D eigenvalue weighted by Crippen LogP contribution is -2.26. The average Bonchev–Trinajstić information content (AvgIpc) is 3.42. The van der Waals surface area contributed by atoms with E-state index >= 15 is 0 Å². The minimum Gasteiger partial charge on any atom is -0.354 e. The van der Waals surface area contributed by atoms with Gasteiger partial charge < -0.3 is 15.2 Å². The predicted molar refractivity (Wildman–Crippen MR) is 111 cm³/mol. The van der Waals surface area contributed by atoms with Gasteiger partial charge in [0.05, 0.1) is 10.7 Å². The summed E-state index contributed by atoms with van der Waals surface area (Å²) in [4.78, 5) is 17.6. The highest BCUT2D eigenvalue weighted by Gasteiger charge is 2.36. The molecular formula is C20H26Cl2N4O. The number of anilines is 2. The average molecular weight is 409 g/mol. The van der Waals surface area contributed by atoms with Gasteiger partial charge >= 0.3 is 0 Å². The van der Waals surface area contributed by atoms with E-state index in [1.54, 1.807) is 25.2 Å². The monoisotopic (exact) mass is 408 g/mol. The van der Waals surface area contributed by atoms with Crippen molar-refractivity contribution in [3.05, 3.63) is 39.8 Å². The quantitative estimate of drug-likeness (QED) is 0.596. The molecule has 0 aliphatic heterocycles. The number of aryl methyl sites for hydroxylation is 1. The van der Waals surface area contributed by atoms with Crippen molar-refractivity contribution in [2.75, 3.05) is 12.4 Å². The Balaban J connectivity index is 2.09. The minimum absolute atomic E-state index is 0.142. The van der Waals surface area contributed by atoms with E-state index < -0.39 is 0 Å². The first kappa shape index (κ1) is 20.0. The fourth-order valence-corrected chi connectivity index (χ4v) is 4.03. The smallest absolute Gasteiger partial charge is 0.271 e. The number of carbonyl (C=O) groups excluding carboxylic acids is 1. The molecule has 0 spiro atoms. The molecule has 0 radical (unpaired) electrons. The molecule has 146 valence electrons. The summed E-state index contributed by atoms with van der Waals surface area (Å²) in [6.45, 7) is 4.26. The molecule has 1 saturated carbocycles. The van der Waals surface area contributed by atoms with Gasteiger partial charge in [0.25, 0.3) is 5.91 Å². The molecule has 0 bridgehead atoms. The van der Waals surface area contributed by atoms with Gasteiger partial charge in [-0.3, -0.25) is 4.79 Å². The van der Waals surface area contributed by atoms with Crippen LogP contribution in [0.4, 0.5) is 11.5 Å². The highest BCUT2D eigenvalue weighted by molar-refractivity contribution is 6.36. The van der Waals surface area contributed by atoms with Gasteiger partial charge in [0, 0.05) is 24.5 Å². The number of aromatic nitrogens is 2. The highest BCUT2D eigenvalue weighted by Crippen LogP contribution is 2.44. The van der Waals surface area contributed by atoms with E-state index in [0.717, 1.165) is 25.1 Å². The number of imidazole rings is 1. The van der Waals surface area contributed by atoms with E-state index in [1.165, 1.54) is 12.8 Å². The van der Waals surface area contributed by atoms with Crippen molar-refractivity contribution >= 4 is 40.6 Å². The topological polar surface area (TPSA) is 59.0 Å². The highest BCUT2D eigenvalue weighted by atomic mass is 35.5. The van der Waals surface area contributed by atoms with Crippen LogP contribution in [0.5, 0.6) is 0 Å². The van der Waals surface area contributed by atoms with Crippen LogP contribution in [-0.2, 0) is 6.42 Å². The Morgan fingerprint density at radius 3 is 2.63 bits per heavy atom. The van der Waals surface area contributed by atoms with Crippen molar-refractivity contribution in [2.45, 2.75) is 52.0 Å². The zero-order valence-electron chi connectivity index (χ0n) is 16.0. The molecule has 7 heteroatoms. The van der Waals surface area contributed by atoms with Crippen molar-refractivity contribution in [1.82, 2.24) is 14.9 Å². The van der Waals surface area contributed by atoms with E-state index in [1.807, 2.05) is 0 Å². The molecule has 1 aliphatic carbocycles. The first-order chi connectivity index (χ1) is 13.0. The molecule has 27 heavy (non-hydrogen) atoms. The fraction of sp³-hybridized carbons (Fsp3) is 0.500. The zero-order chi connectivity index (χ0) is 19.6. The van der Waals surface area contributed by atoms with E-state index in [2.05, 4.69) is 29.0 Å². The SMILES string of the molecule is CCCC(C1CC1)n1c(CC)nc(Nc2ccc(Cl)cc2Cl)c1C(=O)NC. The third-order valence-corrected chi connectivity index (χ3v) is 5.56. The Kier molecular flexibility index (Phi) is 6.33. The van der Waals surface area contributed by atoms with Gasteiger partial charge in [-0.15, -0.1) is 0 Å². The molecular weight excluding hydrogens is 383 g/mol. The number of nitrogens with one attached hydrogen (secondary N) is 2. The number of nitrogens with zero attached hydrogens (tertiary/aromatic N) is 2. The van der Waals surface area contributed by atoms with Crippen molar-refractivity contribution in [2.24, 2.45) is 5.92 Å². The van der Waals surface area contributed by atoms with Crippen molar-refractivity contribution in [1.29, 1.82) is 0 Å². The second-order valence-electron chi connectivity index (χ2n) is 6.97. The lowest BCUT2D eigenvalue weighted by molar-refractivity contribution is 0.0951. The van der Waals surface area contributed by atoms with Gasteiger partial charge in [0.15, 0.2) is 11.5 Å². The van der Waals surface area contributed by atoms with Crippen LogP contribution in [0.2, 0.25) is 10.0 Å². The fourth-order valence-electron chi connectivity index (χ4n) is 3.58. The van der Waals surface area contributed by atoms with Crippen molar-refractivity contribution < 1.29 is 4.79 Å². The molecule has 5 nitrogen and oxygen atoms in total. The van der Waals surface area contributed by atoms with E-state index in [4.69, 9.17) is 28.2 Å². The number of hydrogen-bond donors (Lipinski definition) is 2. The molecule has 1 unspecified atom stereocenters. The first-order valence-corrected chi connectivity index (χ1v) is 10.3. The van der Waals surface area contributed by atoms with E-state index in [9.17, 15) is 4.79 Å². The number of hydrogen-bond acceptors (Lipinski definition) is 3. The van der Waals surface area contributed by atoms with Gasteiger partial charge in [0.2, 0.25) is 0 Å². The lowest BCUT2D eigenvalue weighted by Gasteiger charge is -2.22. The van der Waals surface area contributed by atoms with Gasteiger partial charge in [0.1, 0.15) is 5.82 Å². The van der Waals surface area contributed by atoms with Crippen LogP contribution < -0.4 is 10.6 Å². The lowest BCUT2D eigenvalue weighted by atomic mass is 10.1. The summed E-state index contributed by atoms with van der Waals surface area (Å²) in [5, 5.41) is 7.08. The molecule has 2 N–H and O–H groups in total. The summed E-state index contributed by atoms with van der Waals surface area (Å²) in [6.07, 6.45) is 5.30. The number of amides is 1. The van der Waals surface area contributed by atoms with Crippen LogP contribution in [0.25, 0.3) is 0 Å². The number of rotatable bonds is 8.